The lowest BCUT2D eigenvalue weighted by atomic mass is 9.95. The van der Waals surface area contributed by atoms with E-state index in [1.165, 1.54) is 31.6 Å². The second-order valence-corrected chi connectivity index (χ2v) is 7.72. The van der Waals surface area contributed by atoms with Crippen LogP contribution in [0.15, 0.2) is 42.5 Å². The molecular weight excluding hydrogens is 399 g/mol. The molecule has 0 bridgehead atoms. The third kappa shape index (κ3) is 5.96. The molecule has 1 aliphatic rings. The van der Waals surface area contributed by atoms with Gasteiger partial charge in [0.15, 0.2) is 11.5 Å². The van der Waals surface area contributed by atoms with E-state index in [4.69, 9.17) is 9.47 Å². The van der Waals surface area contributed by atoms with E-state index in [1.54, 1.807) is 36.4 Å². The van der Waals surface area contributed by atoms with E-state index >= 15 is 0 Å². The second kappa shape index (κ2) is 10.8. The Hall–Kier alpha value is -3.09. The zero-order valence-corrected chi connectivity index (χ0v) is 18.0. The van der Waals surface area contributed by atoms with E-state index in [0.29, 0.717) is 22.6 Å². The molecule has 31 heavy (non-hydrogen) atoms. The summed E-state index contributed by atoms with van der Waals surface area (Å²) in [7, 11) is 3.00. The highest BCUT2D eigenvalue weighted by Crippen LogP contribution is 2.28. The van der Waals surface area contributed by atoms with Crippen molar-refractivity contribution in [1.29, 1.82) is 0 Å². The first-order valence-corrected chi connectivity index (χ1v) is 10.6. The molecular formula is C24H29FN2O4. The molecule has 7 heteroatoms. The molecule has 1 N–H and O–H groups in total. The van der Waals surface area contributed by atoms with Crippen LogP contribution in [0.2, 0.25) is 0 Å². The van der Waals surface area contributed by atoms with Crippen molar-refractivity contribution in [3.8, 4) is 11.5 Å². The van der Waals surface area contributed by atoms with E-state index in [1.807, 2.05) is 0 Å². The number of hydrogen-bond acceptors (Lipinski definition) is 4. The molecule has 3 rings (SSSR count). The number of halogens is 1. The lowest BCUT2D eigenvalue weighted by Gasteiger charge is -2.26. The van der Waals surface area contributed by atoms with Gasteiger partial charge >= 0.3 is 0 Å². The monoisotopic (exact) mass is 428 g/mol. The van der Waals surface area contributed by atoms with Crippen molar-refractivity contribution >= 4 is 11.8 Å². The number of carbonyl (C=O) groups excluding carboxylic acids is 2. The molecule has 1 fully saturated rings. The second-order valence-electron chi connectivity index (χ2n) is 7.72. The predicted molar refractivity (Wildman–Crippen MR) is 116 cm³/mol. The SMILES string of the molecule is COc1ccc(C(=O)N(CC(=O)NC2CCCCC2)Cc2ccccc2F)cc1OC. The first-order valence-electron chi connectivity index (χ1n) is 10.6. The van der Waals surface area contributed by atoms with Crippen LogP contribution >= 0.6 is 0 Å². The van der Waals surface area contributed by atoms with Crippen LogP contribution in [-0.4, -0.2) is 43.5 Å². The fraction of sp³-hybridized carbons (Fsp3) is 0.417. The number of nitrogens with one attached hydrogen (secondary N) is 1. The molecule has 0 atom stereocenters. The molecule has 2 aromatic carbocycles. The molecule has 0 heterocycles. The Labute approximate surface area is 182 Å². The average Bonchev–Trinajstić information content (AvgIpc) is 2.79. The van der Waals surface area contributed by atoms with Crippen LogP contribution in [0.5, 0.6) is 11.5 Å². The van der Waals surface area contributed by atoms with Crippen molar-refractivity contribution < 1.29 is 23.5 Å². The summed E-state index contributed by atoms with van der Waals surface area (Å²) in [6, 6.07) is 11.2. The van der Waals surface area contributed by atoms with Crippen LogP contribution < -0.4 is 14.8 Å². The predicted octanol–water partition coefficient (Wildman–Crippen LogP) is 3.93. The number of nitrogens with zero attached hydrogens (tertiary/aromatic N) is 1. The molecule has 6 nitrogen and oxygen atoms in total. The van der Waals surface area contributed by atoms with E-state index in [2.05, 4.69) is 5.32 Å². The topological polar surface area (TPSA) is 67.9 Å². The van der Waals surface area contributed by atoms with Crippen LogP contribution in [0, 0.1) is 5.82 Å². The van der Waals surface area contributed by atoms with Gasteiger partial charge in [-0.2, -0.15) is 0 Å². The Morgan fingerprint density at radius 2 is 1.74 bits per heavy atom. The minimum atomic E-state index is -0.416. The molecule has 0 aliphatic heterocycles. The molecule has 166 valence electrons. The quantitative estimate of drug-likeness (QED) is 0.692. The summed E-state index contributed by atoms with van der Waals surface area (Å²) in [5.74, 6) is -0.138. The number of ether oxygens (including phenoxy) is 2. The summed E-state index contributed by atoms with van der Waals surface area (Å²) >= 11 is 0. The molecule has 0 aromatic heterocycles. The van der Waals surface area contributed by atoms with E-state index in [-0.39, 0.29) is 30.9 Å². The standard InChI is InChI=1S/C24H29FN2O4/c1-30-21-13-12-17(14-22(21)31-2)24(29)27(15-18-8-6-7-11-20(18)25)16-23(28)26-19-9-4-3-5-10-19/h6-8,11-14,19H,3-5,9-10,15-16H2,1-2H3,(H,26,28). The van der Waals surface area contributed by atoms with Crippen molar-refractivity contribution in [3.05, 3.63) is 59.4 Å². The Morgan fingerprint density at radius 1 is 1.03 bits per heavy atom. The fourth-order valence-electron chi connectivity index (χ4n) is 3.88. The highest BCUT2D eigenvalue weighted by atomic mass is 19.1. The summed E-state index contributed by atoms with van der Waals surface area (Å²) in [6.07, 6.45) is 5.26. The summed E-state index contributed by atoms with van der Waals surface area (Å²) in [4.78, 5) is 27.4. The molecule has 2 amide bonds. The summed E-state index contributed by atoms with van der Waals surface area (Å²) in [5, 5.41) is 3.03. The van der Waals surface area contributed by atoms with Crippen LogP contribution in [0.4, 0.5) is 4.39 Å². The lowest BCUT2D eigenvalue weighted by molar-refractivity contribution is -0.122. The van der Waals surface area contributed by atoms with Gasteiger partial charge in [-0.1, -0.05) is 37.5 Å². The van der Waals surface area contributed by atoms with Gasteiger partial charge in [-0.3, -0.25) is 9.59 Å². The largest absolute Gasteiger partial charge is 0.493 e. The van der Waals surface area contributed by atoms with Gasteiger partial charge in [0.1, 0.15) is 12.4 Å². The van der Waals surface area contributed by atoms with E-state index in [0.717, 1.165) is 25.7 Å². The molecule has 1 saturated carbocycles. The van der Waals surface area contributed by atoms with Gasteiger partial charge in [0.2, 0.25) is 5.91 Å². The van der Waals surface area contributed by atoms with Crippen molar-refractivity contribution in [2.24, 2.45) is 0 Å². The fourth-order valence-corrected chi connectivity index (χ4v) is 3.88. The molecule has 1 aliphatic carbocycles. The zero-order chi connectivity index (χ0) is 22.2. The maximum absolute atomic E-state index is 14.3. The molecule has 0 saturated heterocycles. The smallest absolute Gasteiger partial charge is 0.254 e. The highest BCUT2D eigenvalue weighted by Gasteiger charge is 2.23. The van der Waals surface area contributed by atoms with Crippen LogP contribution in [-0.2, 0) is 11.3 Å². The van der Waals surface area contributed by atoms with Crippen molar-refractivity contribution in [3.63, 3.8) is 0 Å². The maximum atomic E-state index is 14.3. The maximum Gasteiger partial charge on any atom is 0.254 e. The summed E-state index contributed by atoms with van der Waals surface area (Å²) in [5.41, 5.74) is 0.682. The highest BCUT2D eigenvalue weighted by molar-refractivity contribution is 5.97. The minimum Gasteiger partial charge on any atom is -0.493 e. The Balaban J connectivity index is 1.81. The average molecular weight is 429 g/mol. The number of hydrogen-bond donors (Lipinski definition) is 1. The molecule has 2 aromatic rings. The Morgan fingerprint density at radius 3 is 2.42 bits per heavy atom. The van der Waals surface area contributed by atoms with Crippen LogP contribution in [0.1, 0.15) is 48.0 Å². The first-order chi connectivity index (χ1) is 15.0. The third-order valence-corrected chi connectivity index (χ3v) is 5.54. The number of carbonyl (C=O) groups is 2. The summed E-state index contributed by atoms with van der Waals surface area (Å²) in [6.45, 7) is -0.171. The first kappa shape index (κ1) is 22.6. The van der Waals surface area contributed by atoms with Gasteiger partial charge in [-0.05, 0) is 37.1 Å². The zero-order valence-electron chi connectivity index (χ0n) is 18.0. The van der Waals surface area contributed by atoms with Gasteiger partial charge in [-0.15, -0.1) is 0 Å². The van der Waals surface area contributed by atoms with Crippen molar-refractivity contribution in [2.75, 3.05) is 20.8 Å². The Bertz CT molecular complexity index is 912. The number of methoxy groups -OCH3 is 2. The van der Waals surface area contributed by atoms with E-state index in [9.17, 15) is 14.0 Å². The van der Waals surface area contributed by atoms with Crippen LogP contribution in [0.25, 0.3) is 0 Å². The number of rotatable bonds is 8. The molecule has 0 spiro atoms. The van der Waals surface area contributed by atoms with Crippen molar-refractivity contribution in [1.82, 2.24) is 10.2 Å². The third-order valence-electron chi connectivity index (χ3n) is 5.54. The van der Waals surface area contributed by atoms with Gasteiger partial charge < -0.3 is 19.7 Å². The molecule has 0 unspecified atom stereocenters. The summed E-state index contributed by atoms with van der Waals surface area (Å²) < 4.78 is 24.8. The van der Waals surface area contributed by atoms with Gasteiger partial charge in [-0.25, -0.2) is 4.39 Å². The number of benzene rings is 2. The van der Waals surface area contributed by atoms with Gasteiger partial charge in [0.05, 0.1) is 14.2 Å². The van der Waals surface area contributed by atoms with Crippen molar-refractivity contribution in [2.45, 2.75) is 44.7 Å². The minimum absolute atomic E-state index is 0.0159. The van der Waals surface area contributed by atoms with Gasteiger partial charge in [0.25, 0.3) is 5.91 Å². The van der Waals surface area contributed by atoms with E-state index < -0.39 is 5.82 Å². The number of amides is 2. The Kier molecular flexibility index (Phi) is 7.87. The van der Waals surface area contributed by atoms with Crippen LogP contribution in [0.3, 0.4) is 0 Å². The van der Waals surface area contributed by atoms with Gasteiger partial charge in [0, 0.05) is 23.7 Å². The molecule has 0 radical (unpaired) electrons. The normalized spacial score (nSPS) is 14.0. The lowest BCUT2D eigenvalue weighted by Crippen LogP contribution is -2.44.